The van der Waals surface area contributed by atoms with Gasteiger partial charge in [-0.1, -0.05) is 6.92 Å². The van der Waals surface area contributed by atoms with Gasteiger partial charge >= 0.3 is 5.97 Å². The molecular weight excluding hydrogens is 172 g/mol. The molecule has 4 heteroatoms. The van der Waals surface area contributed by atoms with E-state index in [1.54, 1.807) is 20.8 Å². The maximum Gasteiger partial charge on any atom is 0.306 e. The molecule has 0 N–H and O–H groups in total. The molecule has 0 saturated heterocycles. The Morgan fingerprint density at radius 3 is 2.15 bits per heavy atom. The van der Waals surface area contributed by atoms with Gasteiger partial charge in [0.25, 0.3) is 0 Å². The highest BCUT2D eigenvalue weighted by molar-refractivity contribution is 5.77. The van der Waals surface area contributed by atoms with Gasteiger partial charge in [-0.2, -0.15) is 0 Å². The SMILES string of the molecule is CC(CC(=O)OC(C)(C)C)C(=O)[O-]. The van der Waals surface area contributed by atoms with E-state index in [1.807, 2.05) is 0 Å². The van der Waals surface area contributed by atoms with Crippen molar-refractivity contribution in [2.24, 2.45) is 5.92 Å². The van der Waals surface area contributed by atoms with Crippen LogP contribution in [0.3, 0.4) is 0 Å². The van der Waals surface area contributed by atoms with Crippen LogP contribution in [0.5, 0.6) is 0 Å². The molecule has 0 saturated carbocycles. The van der Waals surface area contributed by atoms with Crippen molar-refractivity contribution in [2.75, 3.05) is 0 Å². The average Bonchev–Trinajstić information content (AvgIpc) is 1.81. The minimum Gasteiger partial charge on any atom is -0.550 e. The van der Waals surface area contributed by atoms with E-state index < -0.39 is 23.5 Å². The Balaban J connectivity index is 3.96. The number of ether oxygens (including phenoxy) is 1. The first-order valence-electron chi connectivity index (χ1n) is 4.15. The summed E-state index contributed by atoms with van der Waals surface area (Å²) in [5.41, 5.74) is -0.567. The van der Waals surface area contributed by atoms with E-state index in [1.165, 1.54) is 6.92 Å². The van der Waals surface area contributed by atoms with Crippen molar-refractivity contribution < 1.29 is 19.4 Å². The summed E-state index contributed by atoms with van der Waals surface area (Å²) in [6.07, 6.45) is -0.139. The van der Waals surface area contributed by atoms with Gasteiger partial charge in [0.2, 0.25) is 0 Å². The van der Waals surface area contributed by atoms with Gasteiger partial charge in [-0.3, -0.25) is 4.79 Å². The molecule has 1 atom stereocenters. The number of rotatable bonds is 3. The molecule has 13 heavy (non-hydrogen) atoms. The number of carbonyl (C=O) groups excluding carboxylic acids is 2. The highest BCUT2D eigenvalue weighted by Crippen LogP contribution is 2.11. The van der Waals surface area contributed by atoms with Crippen molar-refractivity contribution in [2.45, 2.75) is 39.7 Å². The first kappa shape index (κ1) is 11.9. The van der Waals surface area contributed by atoms with Gasteiger partial charge in [0.1, 0.15) is 5.60 Å². The third-order valence-electron chi connectivity index (χ3n) is 1.30. The zero-order valence-electron chi connectivity index (χ0n) is 8.42. The molecule has 0 bridgehead atoms. The maximum absolute atomic E-state index is 11.1. The summed E-state index contributed by atoms with van der Waals surface area (Å²) in [7, 11) is 0. The number of carboxylic acids is 1. The zero-order chi connectivity index (χ0) is 10.6. The molecule has 0 spiro atoms. The lowest BCUT2D eigenvalue weighted by molar-refractivity contribution is -0.311. The van der Waals surface area contributed by atoms with Crippen molar-refractivity contribution in [1.29, 1.82) is 0 Å². The largest absolute Gasteiger partial charge is 0.550 e. The van der Waals surface area contributed by atoms with Gasteiger partial charge in [0.05, 0.1) is 6.42 Å². The summed E-state index contributed by atoms with van der Waals surface area (Å²) in [4.78, 5) is 21.3. The first-order chi connectivity index (χ1) is 5.72. The topological polar surface area (TPSA) is 66.4 Å². The van der Waals surface area contributed by atoms with E-state index in [2.05, 4.69) is 0 Å². The van der Waals surface area contributed by atoms with Crippen LogP contribution in [0.25, 0.3) is 0 Å². The van der Waals surface area contributed by atoms with Crippen LogP contribution in [0.1, 0.15) is 34.1 Å². The summed E-state index contributed by atoms with van der Waals surface area (Å²) in [5.74, 6) is -2.54. The van der Waals surface area contributed by atoms with E-state index in [-0.39, 0.29) is 6.42 Å². The van der Waals surface area contributed by atoms with Crippen molar-refractivity contribution in [3.8, 4) is 0 Å². The third-order valence-corrected chi connectivity index (χ3v) is 1.30. The Kier molecular flexibility index (Phi) is 3.91. The van der Waals surface area contributed by atoms with Crippen LogP contribution >= 0.6 is 0 Å². The van der Waals surface area contributed by atoms with Crippen LogP contribution < -0.4 is 5.11 Å². The lowest BCUT2D eigenvalue weighted by Crippen LogP contribution is -2.33. The molecular formula is C9H15O4-. The maximum atomic E-state index is 11.1. The summed E-state index contributed by atoms with van der Waals surface area (Å²) in [6.45, 7) is 6.61. The smallest absolute Gasteiger partial charge is 0.306 e. The molecule has 0 amide bonds. The Bertz CT molecular complexity index is 202. The fourth-order valence-corrected chi connectivity index (χ4v) is 0.717. The molecule has 0 heterocycles. The predicted octanol–water partition coefficient (Wildman–Crippen LogP) is 0.104. The lowest BCUT2D eigenvalue weighted by Gasteiger charge is -2.21. The quantitative estimate of drug-likeness (QED) is 0.588. The van der Waals surface area contributed by atoms with Crippen molar-refractivity contribution in [3.63, 3.8) is 0 Å². The Hall–Kier alpha value is -1.06. The number of carboxylic acid groups (broad SMARTS) is 1. The molecule has 4 nitrogen and oxygen atoms in total. The molecule has 0 aromatic rings. The summed E-state index contributed by atoms with van der Waals surface area (Å²) >= 11 is 0. The van der Waals surface area contributed by atoms with E-state index in [4.69, 9.17) is 4.74 Å². The second-order valence-corrected chi connectivity index (χ2v) is 4.01. The number of esters is 1. The first-order valence-corrected chi connectivity index (χ1v) is 4.15. The molecule has 0 aliphatic carbocycles. The third kappa shape index (κ3) is 6.13. The standard InChI is InChI=1S/C9H16O4/c1-6(8(11)12)5-7(10)13-9(2,3)4/h6H,5H2,1-4H3,(H,11,12)/p-1. The fraction of sp³-hybridized carbons (Fsp3) is 0.778. The van der Waals surface area contributed by atoms with Crippen LogP contribution in [-0.4, -0.2) is 17.5 Å². The van der Waals surface area contributed by atoms with E-state index >= 15 is 0 Å². The summed E-state index contributed by atoms with van der Waals surface area (Å²) < 4.78 is 4.93. The highest BCUT2D eigenvalue weighted by Gasteiger charge is 2.18. The van der Waals surface area contributed by atoms with Gasteiger partial charge in [-0.15, -0.1) is 0 Å². The van der Waals surface area contributed by atoms with Crippen molar-refractivity contribution in [1.82, 2.24) is 0 Å². The van der Waals surface area contributed by atoms with E-state index in [9.17, 15) is 14.7 Å². The van der Waals surface area contributed by atoms with Crippen LogP contribution in [0.4, 0.5) is 0 Å². The lowest BCUT2D eigenvalue weighted by atomic mass is 10.1. The van der Waals surface area contributed by atoms with Gasteiger partial charge in [-0.25, -0.2) is 0 Å². The van der Waals surface area contributed by atoms with Crippen LogP contribution in [0, 0.1) is 5.92 Å². The minimum absolute atomic E-state index is 0.139. The van der Waals surface area contributed by atoms with Gasteiger partial charge in [0.15, 0.2) is 0 Å². The summed E-state index contributed by atoms with van der Waals surface area (Å²) in [5, 5.41) is 10.3. The predicted molar refractivity (Wildman–Crippen MR) is 44.6 cm³/mol. The van der Waals surface area contributed by atoms with Crippen LogP contribution in [-0.2, 0) is 14.3 Å². The normalized spacial score (nSPS) is 13.5. The molecule has 76 valence electrons. The molecule has 0 aliphatic heterocycles. The number of hydrogen-bond donors (Lipinski definition) is 0. The highest BCUT2D eigenvalue weighted by atomic mass is 16.6. The molecule has 1 unspecified atom stereocenters. The van der Waals surface area contributed by atoms with Gasteiger partial charge in [-0.05, 0) is 20.8 Å². The van der Waals surface area contributed by atoms with Crippen LogP contribution in [0.15, 0.2) is 0 Å². The Morgan fingerprint density at radius 1 is 1.38 bits per heavy atom. The van der Waals surface area contributed by atoms with Gasteiger partial charge < -0.3 is 14.6 Å². The van der Waals surface area contributed by atoms with Gasteiger partial charge in [0, 0.05) is 11.9 Å². The molecule has 0 aromatic heterocycles. The second kappa shape index (κ2) is 4.25. The monoisotopic (exact) mass is 187 g/mol. The second-order valence-electron chi connectivity index (χ2n) is 4.01. The molecule has 0 radical (unpaired) electrons. The number of aliphatic carboxylic acids is 1. The molecule has 0 rings (SSSR count). The molecule has 0 aliphatic rings. The Morgan fingerprint density at radius 2 is 1.85 bits per heavy atom. The van der Waals surface area contributed by atoms with Crippen LogP contribution in [0.2, 0.25) is 0 Å². The Labute approximate surface area is 77.9 Å². The van der Waals surface area contributed by atoms with Crippen molar-refractivity contribution in [3.05, 3.63) is 0 Å². The molecule has 0 aromatic carbocycles. The molecule has 0 fully saturated rings. The summed E-state index contributed by atoms with van der Waals surface area (Å²) in [6, 6.07) is 0. The van der Waals surface area contributed by atoms with E-state index in [0.717, 1.165) is 0 Å². The minimum atomic E-state index is -1.23. The zero-order valence-corrected chi connectivity index (χ0v) is 8.42. The fourth-order valence-electron chi connectivity index (χ4n) is 0.717. The number of carbonyl (C=O) groups is 2. The average molecular weight is 187 g/mol. The van der Waals surface area contributed by atoms with Crippen molar-refractivity contribution >= 4 is 11.9 Å². The number of hydrogen-bond acceptors (Lipinski definition) is 4. The van der Waals surface area contributed by atoms with E-state index in [0.29, 0.717) is 0 Å².